The number of nitrogens with zero attached hydrogens (tertiary/aromatic N) is 2. The summed E-state index contributed by atoms with van der Waals surface area (Å²) >= 11 is 0. The zero-order valence-corrected chi connectivity index (χ0v) is 12.2. The van der Waals surface area contributed by atoms with Gasteiger partial charge in [0, 0.05) is 23.7 Å². The first-order valence-electron chi connectivity index (χ1n) is 7.46. The predicted molar refractivity (Wildman–Crippen MR) is 80.1 cm³/mol. The van der Waals surface area contributed by atoms with Crippen LogP contribution in [-0.2, 0) is 0 Å². The lowest BCUT2D eigenvalue weighted by Gasteiger charge is -2.38. The molecule has 0 spiro atoms. The van der Waals surface area contributed by atoms with Crippen LogP contribution in [0.3, 0.4) is 0 Å². The van der Waals surface area contributed by atoms with Gasteiger partial charge in [-0.15, -0.1) is 0 Å². The lowest BCUT2D eigenvalue weighted by Crippen LogP contribution is -2.45. The molecule has 0 bridgehead atoms. The Kier molecular flexibility index (Phi) is 3.68. The Labute approximate surface area is 124 Å². The first kappa shape index (κ1) is 14.1. The van der Waals surface area contributed by atoms with Crippen molar-refractivity contribution in [3.8, 4) is 0 Å². The maximum Gasteiger partial charge on any atom is 0.251 e. The average Bonchev–Trinajstić information content (AvgIpc) is 2.95. The predicted octanol–water partition coefficient (Wildman–Crippen LogP) is 2.01. The quantitative estimate of drug-likeness (QED) is 0.907. The maximum atomic E-state index is 12.3. The monoisotopic (exact) mass is 287 g/mol. The van der Waals surface area contributed by atoms with Crippen molar-refractivity contribution in [2.75, 3.05) is 6.54 Å². The molecule has 2 atom stereocenters. The Morgan fingerprint density at radius 1 is 1.57 bits per heavy atom. The number of nitrogens with one attached hydrogen (secondary N) is 1. The average molecular weight is 287 g/mol. The highest BCUT2D eigenvalue weighted by Crippen LogP contribution is 2.35. The second-order valence-electron chi connectivity index (χ2n) is 6.24. The van der Waals surface area contributed by atoms with Gasteiger partial charge in [-0.3, -0.25) is 4.79 Å². The van der Waals surface area contributed by atoms with Crippen molar-refractivity contribution in [3.05, 3.63) is 36.4 Å². The molecule has 2 aromatic rings. The first-order valence-corrected chi connectivity index (χ1v) is 7.46. The van der Waals surface area contributed by atoms with E-state index in [4.69, 9.17) is 0 Å². The summed E-state index contributed by atoms with van der Waals surface area (Å²) in [6.07, 6.45) is 8.90. The van der Waals surface area contributed by atoms with Crippen LogP contribution in [0.15, 0.2) is 30.9 Å². The van der Waals surface area contributed by atoms with E-state index < -0.39 is 0 Å². The van der Waals surface area contributed by atoms with Gasteiger partial charge in [0.1, 0.15) is 0 Å². The standard InChI is InChI=1S/C16H21N3O2/c1-16(6-3-2-4-14(16)20)10-18-15(21)12-5-7-19-11-17-9-13(19)8-12/h5,7-9,11,14,20H,2-4,6,10H2,1H3,(H,18,21). The topological polar surface area (TPSA) is 66.6 Å². The van der Waals surface area contributed by atoms with Gasteiger partial charge in [0.15, 0.2) is 0 Å². The summed E-state index contributed by atoms with van der Waals surface area (Å²) in [6, 6.07) is 3.60. The highest BCUT2D eigenvalue weighted by atomic mass is 16.3. The number of hydrogen-bond donors (Lipinski definition) is 2. The fourth-order valence-electron chi connectivity index (χ4n) is 3.03. The molecule has 1 fully saturated rings. The maximum absolute atomic E-state index is 12.3. The van der Waals surface area contributed by atoms with Crippen molar-refractivity contribution in [3.63, 3.8) is 0 Å². The number of aliphatic hydroxyl groups is 1. The molecule has 1 aliphatic rings. The third-order valence-corrected chi connectivity index (χ3v) is 4.61. The lowest BCUT2D eigenvalue weighted by molar-refractivity contribution is 0.00190. The molecule has 1 saturated carbocycles. The Morgan fingerprint density at radius 3 is 3.24 bits per heavy atom. The number of carbonyl (C=O) groups is 1. The van der Waals surface area contributed by atoms with E-state index in [1.54, 1.807) is 18.6 Å². The van der Waals surface area contributed by atoms with Crippen molar-refractivity contribution in [2.45, 2.75) is 38.7 Å². The Hall–Kier alpha value is -1.88. The summed E-state index contributed by atoms with van der Waals surface area (Å²) in [5.74, 6) is -0.0994. The van der Waals surface area contributed by atoms with Gasteiger partial charge in [-0.1, -0.05) is 19.8 Å². The van der Waals surface area contributed by atoms with Gasteiger partial charge in [-0.2, -0.15) is 0 Å². The van der Waals surface area contributed by atoms with Crippen LogP contribution in [0.2, 0.25) is 0 Å². The second-order valence-corrected chi connectivity index (χ2v) is 6.24. The van der Waals surface area contributed by atoms with Gasteiger partial charge in [0.25, 0.3) is 5.91 Å². The van der Waals surface area contributed by atoms with Crippen LogP contribution in [0, 0.1) is 5.41 Å². The zero-order valence-electron chi connectivity index (χ0n) is 12.2. The fraction of sp³-hybridized carbons (Fsp3) is 0.500. The van der Waals surface area contributed by atoms with Gasteiger partial charge in [-0.05, 0) is 25.0 Å². The number of aliphatic hydroxyl groups excluding tert-OH is 1. The number of fused-ring (bicyclic) bond motifs is 1. The molecule has 2 heterocycles. The molecule has 1 aliphatic carbocycles. The van der Waals surface area contributed by atoms with E-state index in [0.29, 0.717) is 12.1 Å². The molecular weight excluding hydrogens is 266 g/mol. The molecule has 3 rings (SSSR count). The second kappa shape index (κ2) is 5.48. The normalized spacial score (nSPS) is 25.9. The molecule has 2 aromatic heterocycles. The Morgan fingerprint density at radius 2 is 2.43 bits per heavy atom. The highest BCUT2D eigenvalue weighted by Gasteiger charge is 2.35. The van der Waals surface area contributed by atoms with Crippen molar-refractivity contribution < 1.29 is 9.90 Å². The van der Waals surface area contributed by atoms with Crippen LogP contribution in [0.4, 0.5) is 0 Å². The summed E-state index contributed by atoms with van der Waals surface area (Å²) < 4.78 is 1.86. The van der Waals surface area contributed by atoms with E-state index in [9.17, 15) is 9.90 Å². The molecule has 21 heavy (non-hydrogen) atoms. The van der Waals surface area contributed by atoms with E-state index >= 15 is 0 Å². The molecule has 0 saturated heterocycles. The third-order valence-electron chi connectivity index (χ3n) is 4.61. The molecule has 1 amide bonds. The van der Waals surface area contributed by atoms with Crippen LogP contribution >= 0.6 is 0 Å². The molecular formula is C16H21N3O2. The zero-order chi connectivity index (χ0) is 14.9. The van der Waals surface area contributed by atoms with Crippen LogP contribution in [0.5, 0.6) is 0 Å². The lowest BCUT2D eigenvalue weighted by atomic mass is 9.73. The SMILES string of the molecule is CC1(CNC(=O)c2ccn3cncc3c2)CCCCC1O. The molecule has 0 aliphatic heterocycles. The van der Waals surface area contributed by atoms with E-state index in [-0.39, 0.29) is 17.4 Å². The van der Waals surface area contributed by atoms with Crippen LogP contribution in [0.25, 0.3) is 5.52 Å². The van der Waals surface area contributed by atoms with E-state index in [1.807, 2.05) is 16.7 Å². The summed E-state index contributed by atoms with van der Waals surface area (Å²) in [6.45, 7) is 2.56. The van der Waals surface area contributed by atoms with E-state index in [0.717, 1.165) is 31.2 Å². The van der Waals surface area contributed by atoms with Gasteiger partial charge >= 0.3 is 0 Å². The third kappa shape index (κ3) is 2.78. The summed E-state index contributed by atoms with van der Waals surface area (Å²) in [4.78, 5) is 16.3. The minimum absolute atomic E-state index is 0.0994. The van der Waals surface area contributed by atoms with Gasteiger partial charge in [0.05, 0.1) is 24.1 Å². The van der Waals surface area contributed by atoms with Crippen molar-refractivity contribution >= 4 is 11.4 Å². The number of aromatic nitrogens is 2. The van der Waals surface area contributed by atoms with Crippen molar-refractivity contribution in [1.82, 2.24) is 14.7 Å². The molecule has 112 valence electrons. The minimum atomic E-state index is -0.330. The summed E-state index contributed by atoms with van der Waals surface area (Å²) in [7, 11) is 0. The largest absolute Gasteiger partial charge is 0.392 e. The van der Waals surface area contributed by atoms with Crippen LogP contribution in [-0.4, -0.2) is 33.0 Å². The number of pyridine rings is 1. The van der Waals surface area contributed by atoms with Crippen LogP contribution < -0.4 is 5.32 Å². The van der Waals surface area contributed by atoms with Crippen molar-refractivity contribution in [2.24, 2.45) is 5.41 Å². The van der Waals surface area contributed by atoms with E-state index in [2.05, 4.69) is 17.2 Å². The number of hydrogen-bond acceptors (Lipinski definition) is 3. The Balaban J connectivity index is 1.68. The molecule has 0 radical (unpaired) electrons. The molecule has 2 unspecified atom stereocenters. The molecule has 0 aromatic carbocycles. The molecule has 5 heteroatoms. The molecule has 5 nitrogen and oxygen atoms in total. The number of amides is 1. The summed E-state index contributed by atoms with van der Waals surface area (Å²) in [5, 5.41) is 13.1. The van der Waals surface area contributed by atoms with Gasteiger partial charge in [0.2, 0.25) is 0 Å². The summed E-state index contributed by atoms with van der Waals surface area (Å²) in [5.41, 5.74) is 1.30. The highest BCUT2D eigenvalue weighted by molar-refractivity contribution is 5.95. The minimum Gasteiger partial charge on any atom is -0.392 e. The number of carbonyl (C=O) groups excluding carboxylic acids is 1. The van der Waals surface area contributed by atoms with Gasteiger partial charge in [-0.25, -0.2) is 4.98 Å². The fourth-order valence-corrected chi connectivity index (χ4v) is 3.03. The smallest absolute Gasteiger partial charge is 0.251 e. The van der Waals surface area contributed by atoms with Gasteiger partial charge < -0.3 is 14.8 Å². The first-order chi connectivity index (χ1) is 10.1. The number of imidazole rings is 1. The molecule has 2 N–H and O–H groups in total. The number of rotatable bonds is 3. The van der Waals surface area contributed by atoms with Crippen molar-refractivity contribution in [1.29, 1.82) is 0 Å². The Bertz CT molecular complexity index is 652. The van der Waals surface area contributed by atoms with E-state index in [1.165, 1.54) is 0 Å². The van der Waals surface area contributed by atoms with Crippen LogP contribution in [0.1, 0.15) is 43.0 Å².